The molecule has 0 aliphatic heterocycles. The van der Waals surface area contributed by atoms with Gasteiger partial charge in [-0.3, -0.25) is 0 Å². The van der Waals surface area contributed by atoms with Gasteiger partial charge in [-0.15, -0.1) is 0 Å². The highest BCUT2D eigenvalue weighted by atomic mass is 16.3. The Bertz CT molecular complexity index is 348. The smallest absolute Gasteiger partial charge is 0.0791 e. The minimum absolute atomic E-state index is 0.148. The normalized spacial score (nSPS) is 54.6. The molecule has 16 heavy (non-hydrogen) atoms. The van der Waals surface area contributed by atoms with Crippen LogP contribution < -0.4 is 0 Å². The molecule has 3 unspecified atom stereocenters. The van der Waals surface area contributed by atoms with E-state index >= 15 is 0 Å². The summed E-state index contributed by atoms with van der Waals surface area (Å²) in [6, 6.07) is 0. The molecule has 3 atom stereocenters. The zero-order valence-corrected chi connectivity index (χ0v) is 11.0. The number of hydrogen-bond acceptors (Lipinski definition) is 1. The molecule has 4 rings (SSSR count). The topological polar surface area (TPSA) is 20.2 Å². The van der Waals surface area contributed by atoms with Gasteiger partial charge >= 0.3 is 0 Å². The highest BCUT2D eigenvalue weighted by Gasteiger charge is 2.72. The Morgan fingerprint density at radius 2 is 1.75 bits per heavy atom. The second-order valence-corrected chi connectivity index (χ2v) is 7.07. The highest BCUT2D eigenvalue weighted by molar-refractivity contribution is 5.32. The van der Waals surface area contributed by atoms with Gasteiger partial charge in [-0.1, -0.05) is 25.8 Å². The fourth-order valence-corrected chi connectivity index (χ4v) is 5.58. The van der Waals surface area contributed by atoms with Crippen molar-refractivity contribution in [1.82, 2.24) is 0 Å². The monoisotopic (exact) mass is 220 g/mol. The number of aliphatic hydroxyl groups is 1. The molecule has 1 heteroatoms. The van der Waals surface area contributed by atoms with E-state index in [-0.39, 0.29) is 6.10 Å². The Kier molecular flexibility index (Phi) is 1.98. The molecular weight excluding hydrogens is 196 g/mol. The van der Waals surface area contributed by atoms with Crippen molar-refractivity contribution in [2.24, 2.45) is 22.7 Å². The van der Waals surface area contributed by atoms with Crippen LogP contribution in [0.15, 0.2) is 11.1 Å². The second-order valence-electron chi connectivity index (χ2n) is 7.07. The van der Waals surface area contributed by atoms with E-state index in [0.29, 0.717) is 16.7 Å². The van der Waals surface area contributed by atoms with Gasteiger partial charge in [0.1, 0.15) is 0 Å². The average molecular weight is 220 g/mol. The third-order valence-corrected chi connectivity index (χ3v) is 6.18. The van der Waals surface area contributed by atoms with Crippen molar-refractivity contribution in [1.29, 1.82) is 0 Å². The van der Waals surface area contributed by atoms with Gasteiger partial charge in [-0.25, -0.2) is 0 Å². The van der Waals surface area contributed by atoms with Crippen molar-refractivity contribution in [2.45, 2.75) is 59.5 Å². The molecule has 1 N–H and O–H groups in total. The van der Waals surface area contributed by atoms with Crippen molar-refractivity contribution >= 4 is 0 Å². The lowest BCUT2D eigenvalue weighted by Crippen LogP contribution is -2.71. The maximum atomic E-state index is 10.6. The average Bonchev–Trinajstić information content (AvgIpc) is 2.15. The van der Waals surface area contributed by atoms with Crippen LogP contribution in [-0.2, 0) is 0 Å². The van der Waals surface area contributed by atoms with Gasteiger partial charge < -0.3 is 5.11 Å². The largest absolute Gasteiger partial charge is 0.388 e. The molecule has 0 saturated heterocycles. The fourth-order valence-electron chi connectivity index (χ4n) is 5.58. The first-order valence-corrected chi connectivity index (χ1v) is 6.75. The molecule has 4 aliphatic carbocycles. The van der Waals surface area contributed by atoms with Gasteiger partial charge in [0.15, 0.2) is 0 Å². The van der Waals surface area contributed by atoms with Crippen LogP contribution in [0.1, 0.15) is 53.4 Å². The molecule has 0 spiro atoms. The van der Waals surface area contributed by atoms with Crippen LogP contribution in [0.2, 0.25) is 0 Å². The van der Waals surface area contributed by atoms with Crippen LogP contribution in [0.3, 0.4) is 0 Å². The predicted molar refractivity (Wildman–Crippen MR) is 66.0 cm³/mol. The van der Waals surface area contributed by atoms with E-state index in [1.165, 1.54) is 30.4 Å². The number of aliphatic hydroxyl groups excluding tert-OH is 1. The maximum absolute atomic E-state index is 10.6. The Hall–Kier alpha value is -0.300. The summed E-state index contributed by atoms with van der Waals surface area (Å²) in [6.45, 7) is 9.16. The van der Waals surface area contributed by atoms with E-state index in [1.807, 2.05) is 0 Å². The van der Waals surface area contributed by atoms with Gasteiger partial charge in [-0.05, 0) is 55.4 Å². The summed E-state index contributed by atoms with van der Waals surface area (Å²) in [5.74, 6) is 1.38. The Morgan fingerprint density at radius 3 is 2.19 bits per heavy atom. The maximum Gasteiger partial charge on any atom is 0.0791 e. The van der Waals surface area contributed by atoms with Gasteiger partial charge in [0.2, 0.25) is 0 Å². The zero-order chi connectivity index (χ0) is 11.7. The van der Waals surface area contributed by atoms with Crippen molar-refractivity contribution in [2.75, 3.05) is 0 Å². The summed E-state index contributed by atoms with van der Waals surface area (Å²) in [4.78, 5) is 0. The molecule has 0 amide bonds. The summed E-state index contributed by atoms with van der Waals surface area (Å²) < 4.78 is 0. The molecule has 4 saturated carbocycles. The van der Waals surface area contributed by atoms with E-state index in [1.54, 1.807) is 0 Å². The summed E-state index contributed by atoms with van der Waals surface area (Å²) >= 11 is 0. The molecule has 4 fully saturated rings. The molecule has 1 nitrogen and oxygen atoms in total. The van der Waals surface area contributed by atoms with Crippen molar-refractivity contribution in [3.05, 3.63) is 11.1 Å². The lowest BCUT2D eigenvalue weighted by Gasteiger charge is -2.75. The Labute approximate surface area is 98.9 Å². The summed E-state index contributed by atoms with van der Waals surface area (Å²) in [7, 11) is 0. The molecule has 0 aromatic carbocycles. The van der Waals surface area contributed by atoms with Crippen LogP contribution in [0.4, 0.5) is 0 Å². The quantitative estimate of drug-likeness (QED) is 0.619. The molecule has 4 aliphatic rings. The van der Waals surface area contributed by atoms with Crippen LogP contribution in [-0.4, -0.2) is 11.2 Å². The minimum Gasteiger partial charge on any atom is -0.388 e. The van der Waals surface area contributed by atoms with E-state index in [2.05, 4.69) is 27.7 Å². The van der Waals surface area contributed by atoms with Gasteiger partial charge in [0, 0.05) is 5.92 Å². The molecule has 0 aromatic heterocycles. The van der Waals surface area contributed by atoms with Gasteiger partial charge in [-0.2, -0.15) is 0 Å². The van der Waals surface area contributed by atoms with Crippen LogP contribution in [0.5, 0.6) is 0 Å². The molecule has 0 aromatic rings. The number of hydrogen-bond donors (Lipinski definition) is 1. The van der Waals surface area contributed by atoms with Crippen LogP contribution in [0.25, 0.3) is 0 Å². The highest BCUT2D eigenvalue weighted by Crippen LogP contribution is 2.76. The minimum atomic E-state index is -0.148. The first-order chi connectivity index (χ1) is 7.41. The predicted octanol–water partition coefficient (Wildman–Crippen LogP) is 3.53. The van der Waals surface area contributed by atoms with E-state index in [0.717, 1.165) is 12.3 Å². The molecule has 4 bridgehead atoms. The van der Waals surface area contributed by atoms with E-state index < -0.39 is 0 Å². The lowest BCUT2D eigenvalue weighted by atomic mass is 9.30. The third kappa shape index (κ3) is 0.971. The standard InChI is InChI=1S/C15H24O/c1-9(2)10-8-11-14(3)6-5-7-15(11,4)13(14)12(10)16/h11-13,16H,5-8H2,1-4H3. The fraction of sp³-hybridized carbons (Fsp3) is 0.867. The number of rotatable bonds is 0. The van der Waals surface area contributed by atoms with Gasteiger partial charge in [0.05, 0.1) is 6.10 Å². The van der Waals surface area contributed by atoms with E-state index in [4.69, 9.17) is 0 Å². The molecule has 0 heterocycles. The molecule has 90 valence electrons. The lowest BCUT2D eigenvalue weighted by molar-refractivity contribution is -0.269. The first kappa shape index (κ1) is 10.8. The Morgan fingerprint density at radius 1 is 1.19 bits per heavy atom. The summed E-state index contributed by atoms with van der Waals surface area (Å²) in [5.41, 5.74) is 3.61. The van der Waals surface area contributed by atoms with Crippen LogP contribution >= 0.6 is 0 Å². The molecular formula is C15H24O. The van der Waals surface area contributed by atoms with Crippen molar-refractivity contribution in [3.8, 4) is 0 Å². The number of allylic oxidation sites excluding steroid dienone is 1. The second kappa shape index (κ2) is 2.93. The van der Waals surface area contributed by atoms with Gasteiger partial charge in [0.25, 0.3) is 0 Å². The summed E-state index contributed by atoms with van der Waals surface area (Å²) in [5, 5.41) is 10.6. The first-order valence-electron chi connectivity index (χ1n) is 6.75. The number of fused-ring (bicyclic) bond motifs is 2. The SMILES string of the molecule is CC(C)=C1CC2C3(C)CCCC2(C)C3C1O. The summed E-state index contributed by atoms with van der Waals surface area (Å²) in [6.07, 6.45) is 5.06. The van der Waals surface area contributed by atoms with Crippen LogP contribution in [0, 0.1) is 22.7 Å². The zero-order valence-electron chi connectivity index (χ0n) is 11.0. The van der Waals surface area contributed by atoms with Crippen molar-refractivity contribution < 1.29 is 5.11 Å². The molecule has 0 radical (unpaired) electrons. The third-order valence-electron chi connectivity index (χ3n) is 6.18. The Balaban J connectivity index is 2.03. The van der Waals surface area contributed by atoms with E-state index in [9.17, 15) is 5.11 Å². The van der Waals surface area contributed by atoms with Crippen molar-refractivity contribution in [3.63, 3.8) is 0 Å².